The van der Waals surface area contributed by atoms with Crippen LogP contribution in [0.4, 0.5) is 0 Å². The minimum absolute atomic E-state index is 0.458. The lowest BCUT2D eigenvalue weighted by Gasteiger charge is -2.42. The first-order chi connectivity index (χ1) is 10.2. The monoisotopic (exact) mass is 282 g/mol. The van der Waals surface area contributed by atoms with Crippen molar-refractivity contribution in [1.82, 2.24) is 10.4 Å². The van der Waals surface area contributed by atoms with E-state index in [1.165, 1.54) is 11.1 Å². The van der Waals surface area contributed by atoms with Gasteiger partial charge in [-0.3, -0.25) is 0 Å². The quantitative estimate of drug-likeness (QED) is 0.935. The maximum absolute atomic E-state index is 6.01. The summed E-state index contributed by atoms with van der Waals surface area (Å²) in [6, 6.07) is 19.0. The summed E-state index contributed by atoms with van der Waals surface area (Å²) in [7, 11) is 0. The Kier molecular flexibility index (Phi) is 4.06. The smallest absolute Gasteiger partial charge is 0.154 e. The molecule has 0 bridgehead atoms. The van der Waals surface area contributed by atoms with E-state index in [0.717, 1.165) is 25.3 Å². The highest BCUT2D eigenvalue weighted by molar-refractivity contribution is 5.26. The van der Waals surface area contributed by atoms with Crippen molar-refractivity contribution in [2.24, 2.45) is 0 Å². The molecule has 1 fully saturated rings. The second-order valence-electron chi connectivity index (χ2n) is 5.77. The molecule has 110 valence electrons. The number of nitrogens with one attached hydrogen (secondary N) is 1. The van der Waals surface area contributed by atoms with E-state index in [9.17, 15) is 0 Å². The fourth-order valence-corrected chi connectivity index (χ4v) is 2.69. The van der Waals surface area contributed by atoms with Gasteiger partial charge in [0.05, 0.1) is 6.61 Å². The third kappa shape index (κ3) is 3.32. The lowest BCUT2D eigenvalue weighted by Crippen LogP contribution is -2.57. The molecule has 1 atom stereocenters. The molecule has 1 aliphatic rings. The largest absolute Gasteiger partial charge is 0.354 e. The first kappa shape index (κ1) is 14.3. The highest BCUT2D eigenvalue weighted by atomic mass is 16.5. The summed E-state index contributed by atoms with van der Waals surface area (Å²) < 4.78 is 6.01. The standard InChI is InChI=1S/C18H22N2O/c1-15-8-10-17(11-9-15)18(2)19-20(12-13-21-18)14-16-6-4-3-5-7-16/h3-11,19H,12-14H2,1-2H3. The Hall–Kier alpha value is -1.68. The molecule has 0 radical (unpaired) electrons. The molecular formula is C18H22N2O. The average molecular weight is 282 g/mol. The van der Waals surface area contributed by atoms with Crippen molar-refractivity contribution in [1.29, 1.82) is 0 Å². The average Bonchev–Trinajstić information content (AvgIpc) is 2.49. The summed E-state index contributed by atoms with van der Waals surface area (Å²) in [6.07, 6.45) is 0. The normalized spacial score (nSPS) is 23.1. The lowest BCUT2D eigenvalue weighted by atomic mass is 10.0. The Morgan fingerprint density at radius 1 is 1.10 bits per heavy atom. The maximum Gasteiger partial charge on any atom is 0.154 e. The molecule has 3 rings (SSSR count). The molecule has 2 aromatic carbocycles. The zero-order valence-electron chi connectivity index (χ0n) is 12.7. The molecule has 1 N–H and O–H groups in total. The number of benzene rings is 2. The van der Waals surface area contributed by atoms with Crippen LogP contribution in [-0.4, -0.2) is 18.2 Å². The molecule has 3 heteroatoms. The van der Waals surface area contributed by atoms with Crippen molar-refractivity contribution < 1.29 is 4.74 Å². The van der Waals surface area contributed by atoms with E-state index in [1.807, 2.05) is 6.07 Å². The van der Waals surface area contributed by atoms with E-state index in [1.54, 1.807) is 0 Å². The number of hydrogen-bond donors (Lipinski definition) is 1. The van der Waals surface area contributed by atoms with Gasteiger partial charge in [-0.2, -0.15) is 0 Å². The lowest BCUT2D eigenvalue weighted by molar-refractivity contribution is -0.161. The van der Waals surface area contributed by atoms with Crippen LogP contribution in [0, 0.1) is 6.92 Å². The summed E-state index contributed by atoms with van der Waals surface area (Å²) in [5.74, 6) is 0. The molecule has 1 unspecified atom stereocenters. The van der Waals surface area contributed by atoms with Gasteiger partial charge in [0.1, 0.15) is 0 Å². The molecule has 1 heterocycles. The SMILES string of the molecule is Cc1ccc(C2(C)NN(Cc3ccccc3)CCO2)cc1. The summed E-state index contributed by atoms with van der Waals surface area (Å²) >= 11 is 0. The number of rotatable bonds is 3. The van der Waals surface area contributed by atoms with Gasteiger partial charge in [0, 0.05) is 13.1 Å². The molecule has 0 spiro atoms. The van der Waals surface area contributed by atoms with Crippen LogP contribution in [0.5, 0.6) is 0 Å². The zero-order chi connectivity index (χ0) is 14.7. The second kappa shape index (κ2) is 5.98. The van der Waals surface area contributed by atoms with Crippen molar-refractivity contribution >= 4 is 0 Å². The van der Waals surface area contributed by atoms with Gasteiger partial charge >= 0.3 is 0 Å². The second-order valence-corrected chi connectivity index (χ2v) is 5.77. The van der Waals surface area contributed by atoms with Crippen LogP contribution in [0.2, 0.25) is 0 Å². The number of ether oxygens (including phenoxy) is 1. The molecule has 0 aliphatic carbocycles. The van der Waals surface area contributed by atoms with E-state index in [2.05, 4.69) is 72.8 Å². The highest BCUT2D eigenvalue weighted by Crippen LogP contribution is 2.26. The first-order valence-electron chi connectivity index (χ1n) is 7.43. The van der Waals surface area contributed by atoms with Crippen molar-refractivity contribution in [2.75, 3.05) is 13.2 Å². The first-order valence-corrected chi connectivity index (χ1v) is 7.43. The van der Waals surface area contributed by atoms with Crippen LogP contribution >= 0.6 is 0 Å². The fourth-order valence-electron chi connectivity index (χ4n) is 2.69. The molecule has 0 amide bonds. The van der Waals surface area contributed by atoms with Crippen LogP contribution in [-0.2, 0) is 17.0 Å². The van der Waals surface area contributed by atoms with Gasteiger partial charge in [-0.1, -0.05) is 60.2 Å². The van der Waals surface area contributed by atoms with E-state index < -0.39 is 5.72 Å². The van der Waals surface area contributed by atoms with Crippen molar-refractivity contribution in [3.8, 4) is 0 Å². The third-order valence-electron chi connectivity index (χ3n) is 3.94. The molecule has 1 saturated heterocycles. The number of hydrazine groups is 1. The molecule has 0 aromatic heterocycles. The van der Waals surface area contributed by atoms with Crippen LogP contribution in [0.3, 0.4) is 0 Å². The number of nitrogens with zero attached hydrogens (tertiary/aromatic N) is 1. The Morgan fingerprint density at radius 2 is 1.81 bits per heavy atom. The van der Waals surface area contributed by atoms with Gasteiger partial charge in [0.15, 0.2) is 5.72 Å². The van der Waals surface area contributed by atoms with E-state index in [0.29, 0.717) is 0 Å². The summed E-state index contributed by atoms with van der Waals surface area (Å²) in [6.45, 7) is 6.68. The van der Waals surface area contributed by atoms with Gasteiger partial charge in [-0.15, -0.1) is 0 Å². The van der Waals surface area contributed by atoms with Gasteiger partial charge < -0.3 is 4.74 Å². The molecule has 21 heavy (non-hydrogen) atoms. The zero-order valence-corrected chi connectivity index (χ0v) is 12.7. The minimum Gasteiger partial charge on any atom is -0.354 e. The Morgan fingerprint density at radius 3 is 2.52 bits per heavy atom. The van der Waals surface area contributed by atoms with Crippen LogP contribution in [0.1, 0.15) is 23.6 Å². The van der Waals surface area contributed by atoms with Crippen molar-refractivity contribution in [3.05, 3.63) is 71.3 Å². The molecule has 2 aromatic rings. The number of aryl methyl sites for hydroxylation is 1. The Bertz CT molecular complexity index is 582. The van der Waals surface area contributed by atoms with Crippen LogP contribution in [0.15, 0.2) is 54.6 Å². The topological polar surface area (TPSA) is 24.5 Å². The minimum atomic E-state index is -0.458. The molecule has 1 aliphatic heterocycles. The van der Waals surface area contributed by atoms with Gasteiger partial charge in [-0.05, 0) is 25.0 Å². The Balaban J connectivity index is 1.74. The van der Waals surface area contributed by atoms with Crippen molar-refractivity contribution in [2.45, 2.75) is 26.1 Å². The molecular weight excluding hydrogens is 260 g/mol. The van der Waals surface area contributed by atoms with Crippen LogP contribution in [0.25, 0.3) is 0 Å². The molecule has 0 saturated carbocycles. The molecule has 3 nitrogen and oxygen atoms in total. The van der Waals surface area contributed by atoms with E-state index in [4.69, 9.17) is 4.74 Å². The predicted octanol–water partition coefficient (Wildman–Crippen LogP) is 3.20. The maximum atomic E-state index is 6.01. The van der Waals surface area contributed by atoms with Gasteiger partial charge in [-0.25, -0.2) is 10.4 Å². The summed E-state index contributed by atoms with van der Waals surface area (Å²) in [5.41, 5.74) is 6.79. The van der Waals surface area contributed by atoms with Gasteiger partial charge in [0.25, 0.3) is 0 Å². The fraction of sp³-hybridized carbons (Fsp3) is 0.333. The van der Waals surface area contributed by atoms with E-state index >= 15 is 0 Å². The third-order valence-corrected chi connectivity index (χ3v) is 3.94. The Labute approximate surface area is 126 Å². The number of hydrogen-bond acceptors (Lipinski definition) is 3. The predicted molar refractivity (Wildman–Crippen MR) is 84.5 cm³/mol. The van der Waals surface area contributed by atoms with Crippen molar-refractivity contribution in [3.63, 3.8) is 0 Å². The highest BCUT2D eigenvalue weighted by Gasteiger charge is 2.33. The summed E-state index contributed by atoms with van der Waals surface area (Å²) in [5, 5.41) is 2.23. The van der Waals surface area contributed by atoms with Gasteiger partial charge in [0.2, 0.25) is 0 Å². The van der Waals surface area contributed by atoms with Crippen LogP contribution < -0.4 is 5.43 Å². The summed E-state index contributed by atoms with van der Waals surface area (Å²) in [4.78, 5) is 0. The van der Waals surface area contributed by atoms with E-state index in [-0.39, 0.29) is 0 Å².